The Kier molecular flexibility index (Phi) is 6.62. The van der Waals surface area contributed by atoms with Crippen molar-refractivity contribution in [3.63, 3.8) is 0 Å². The lowest BCUT2D eigenvalue weighted by atomic mass is 9.94. The second kappa shape index (κ2) is 9.85. The molecule has 1 fully saturated rings. The van der Waals surface area contributed by atoms with Crippen LogP contribution in [0.15, 0.2) is 59.9 Å². The zero-order chi connectivity index (χ0) is 25.3. The van der Waals surface area contributed by atoms with E-state index in [1.807, 2.05) is 24.3 Å². The van der Waals surface area contributed by atoms with Crippen molar-refractivity contribution >= 4 is 17.3 Å². The van der Waals surface area contributed by atoms with E-state index in [4.69, 9.17) is 0 Å². The van der Waals surface area contributed by atoms with Gasteiger partial charge >= 0.3 is 0 Å². The minimum Gasteiger partial charge on any atom is -0.321 e. The number of fused-ring (bicyclic) bond motifs is 1. The molecule has 3 heterocycles. The number of nitrogens with zero attached hydrogens (tertiary/aromatic N) is 3. The molecule has 1 amide bonds. The van der Waals surface area contributed by atoms with E-state index in [1.54, 1.807) is 30.3 Å². The number of pyridine rings is 1. The van der Waals surface area contributed by atoms with E-state index in [2.05, 4.69) is 15.3 Å². The predicted molar refractivity (Wildman–Crippen MR) is 134 cm³/mol. The Balaban J connectivity index is 1.41. The van der Waals surface area contributed by atoms with Crippen LogP contribution in [-0.4, -0.2) is 47.1 Å². The highest BCUT2D eigenvalue weighted by atomic mass is 19.3. The van der Waals surface area contributed by atoms with E-state index < -0.39 is 11.7 Å². The molecule has 0 radical (unpaired) electrons. The smallest absolute Gasteiger partial charge is 0.274 e. The van der Waals surface area contributed by atoms with Gasteiger partial charge in [-0.05, 0) is 72.4 Å². The number of benzene rings is 2. The Labute approximate surface area is 208 Å². The van der Waals surface area contributed by atoms with Crippen LogP contribution in [0, 0.1) is 12.7 Å². The fourth-order valence-corrected chi connectivity index (χ4v) is 4.86. The summed E-state index contributed by atoms with van der Waals surface area (Å²) in [6.07, 6.45) is 4.91. The Hall–Kier alpha value is -3.52. The first-order chi connectivity index (χ1) is 17.3. The zero-order valence-electron chi connectivity index (χ0n) is 20.0. The average molecular weight is 493 g/mol. The summed E-state index contributed by atoms with van der Waals surface area (Å²) in [4.78, 5) is 23.8. The Morgan fingerprint density at radius 2 is 1.97 bits per heavy atom. The number of hydrogen-bond acceptors (Lipinski definition) is 4. The number of amides is 1. The van der Waals surface area contributed by atoms with Gasteiger partial charge < -0.3 is 5.32 Å². The number of hydrogen-bond donors (Lipinski definition) is 1. The largest absolute Gasteiger partial charge is 0.321 e. The molecule has 0 unspecified atom stereocenters. The number of aromatic nitrogens is 1. The fraction of sp³-hybridized carbons (Fsp3) is 0.321. The highest BCUT2D eigenvalue weighted by molar-refractivity contribution is 6.49. The van der Waals surface area contributed by atoms with Crippen molar-refractivity contribution in [1.29, 1.82) is 0 Å². The van der Waals surface area contributed by atoms with Crippen molar-refractivity contribution in [2.45, 2.75) is 38.7 Å². The molecule has 0 bridgehead atoms. The van der Waals surface area contributed by atoms with Gasteiger partial charge in [0, 0.05) is 55.3 Å². The molecule has 0 saturated carbocycles. The number of aryl methyl sites for hydroxylation is 2. The van der Waals surface area contributed by atoms with E-state index in [1.165, 1.54) is 12.1 Å². The van der Waals surface area contributed by atoms with Crippen LogP contribution in [0.4, 0.5) is 18.9 Å². The second-order valence-electron chi connectivity index (χ2n) is 9.58. The first kappa shape index (κ1) is 24.2. The molecule has 2 aliphatic rings. The Bertz CT molecular complexity index is 1320. The minimum absolute atomic E-state index is 0.121. The van der Waals surface area contributed by atoms with E-state index in [0.29, 0.717) is 36.6 Å². The van der Waals surface area contributed by atoms with Crippen molar-refractivity contribution in [2.75, 3.05) is 25.0 Å². The third-order valence-electron chi connectivity index (χ3n) is 6.54. The molecular formula is C28H27F3N4O. The second-order valence-corrected chi connectivity index (χ2v) is 9.58. The molecule has 3 aromatic rings. The van der Waals surface area contributed by atoms with E-state index in [0.717, 1.165) is 40.7 Å². The fourth-order valence-electron chi connectivity index (χ4n) is 4.86. The van der Waals surface area contributed by atoms with Gasteiger partial charge in [-0.25, -0.2) is 13.2 Å². The van der Waals surface area contributed by atoms with Gasteiger partial charge in [-0.1, -0.05) is 12.1 Å². The lowest BCUT2D eigenvalue weighted by Gasteiger charge is -2.16. The van der Waals surface area contributed by atoms with Gasteiger partial charge in [0.2, 0.25) is 0 Å². The average Bonchev–Trinajstić information content (AvgIpc) is 3.03. The number of carbonyl (C=O) groups excluding carboxylic acids is 1. The van der Waals surface area contributed by atoms with Crippen molar-refractivity contribution in [2.24, 2.45) is 4.99 Å². The molecule has 5 rings (SSSR count). The monoisotopic (exact) mass is 492 g/mol. The molecule has 186 valence electrons. The zero-order valence-corrected chi connectivity index (χ0v) is 20.0. The summed E-state index contributed by atoms with van der Waals surface area (Å²) in [5, 5.41) is 2.79. The maximum absolute atomic E-state index is 13.8. The number of rotatable bonds is 5. The first-order valence-electron chi connectivity index (χ1n) is 12.1. The van der Waals surface area contributed by atoms with Gasteiger partial charge in [-0.3, -0.25) is 19.7 Å². The summed E-state index contributed by atoms with van der Waals surface area (Å²) >= 11 is 0. The number of alkyl halides is 2. The molecular weight excluding hydrogens is 465 g/mol. The lowest BCUT2D eigenvalue weighted by Crippen LogP contribution is -2.25. The summed E-state index contributed by atoms with van der Waals surface area (Å²) in [6, 6.07) is 12.3. The normalized spacial score (nSPS) is 17.3. The molecule has 2 aromatic carbocycles. The number of halogens is 3. The standard InChI is InChI=1S/C28H27F3N4O/c1-18-9-23(29)13-24(10-18)34-27(36)26-25-12-21(5-4-20(25)3-2-7-33-26)22-11-19(14-32-15-22)16-35-8-6-28(30,31)17-35/h4-5,9-15H,2-3,6-8,16-17H2,1H3,(H,34,36). The van der Waals surface area contributed by atoms with Gasteiger partial charge in [0.25, 0.3) is 11.8 Å². The molecule has 5 nitrogen and oxygen atoms in total. The van der Waals surface area contributed by atoms with Crippen LogP contribution in [0.5, 0.6) is 0 Å². The number of anilines is 1. The van der Waals surface area contributed by atoms with E-state index in [-0.39, 0.29) is 18.9 Å². The maximum atomic E-state index is 13.8. The number of nitrogens with one attached hydrogen (secondary N) is 1. The van der Waals surface area contributed by atoms with Crippen LogP contribution in [-0.2, 0) is 17.8 Å². The summed E-state index contributed by atoms with van der Waals surface area (Å²) in [5.41, 5.74) is 5.71. The number of carbonyl (C=O) groups is 1. The number of likely N-dealkylation sites (tertiary alicyclic amines) is 1. The highest BCUT2D eigenvalue weighted by Gasteiger charge is 2.37. The first-order valence-corrected chi connectivity index (χ1v) is 12.1. The Morgan fingerprint density at radius 3 is 2.75 bits per heavy atom. The molecule has 8 heteroatoms. The quantitative estimate of drug-likeness (QED) is 0.518. The van der Waals surface area contributed by atoms with Crippen LogP contribution >= 0.6 is 0 Å². The molecule has 0 atom stereocenters. The summed E-state index contributed by atoms with van der Waals surface area (Å²) in [5.74, 6) is -3.44. The molecule has 0 aliphatic carbocycles. The molecule has 0 spiro atoms. The van der Waals surface area contributed by atoms with E-state index in [9.17, 15) is 18.0 Å². The predicted octanol–water partition coefficient (Wildman–Crippen LogP) is 5.41. The Morgan fingerprint density at radius 1 is 1.11 bits per heavy atom. The van der Waals surface area contributed by atoms with Crippen molar-refractivity contribution in [3.8, 4) is 11.1 Å². The van der Waals surface area contributed by atoms with Crippen LogP contribution < -0.4 is 5.32 Å². The van der Waals surface area contributed by atoms with Crippen LogP contribution in [0.3, 0.4) is 0 Å². The molecule has 1 saturated heterocycles. The van der Waals surface area contributed by atoms with Gasteiger partial charge in [-0.2, -0.15) is 0 Å². The molecule has 1 aromatic heterocycles. The van der Waals surface area contributed by atoms with Gasteiger partial charge in [0.1, 0.15) is 11.5 Å². The lowest BCUT2D eigenvalue weighted by molar-refractivity contribution is -0.110. The maximum Gasteiger partial charge on any atom is 0.274 e. The molecule has 2 aliphatic heterocycles. The van der Waals surface area contributed by atoms with Gasteiger partial charge in [-0.15, -0.1) is 0 Å². The SMILES string of the molecule is Cc1cc(F)cc(NC(=O)C2=NCCCc3ccc(-c4cncc(CN5CCC(F)(F)C5)c4)cc32)c1. The van der Waals surface area contributed by atoms with Crippen molar-refractivity contribution in [3.05, 3.63) is 82.9 Å². The third-order valence-corrected chi connectivity index (χ3v) is 6.54. The summed E-state index contributed by atoms with van der Waals surface area (Å²) in [7, 11) is 0. The highest BCUT2D eigenvalue weighted by Crippen LogP contribution is 2.29. The summed E-state index contributed by atoms with van der Waals surface area (Å²) in [6.45, 7) is 2.81. The van der Waals surface area contributed by atoms with Crippen LogP contribution in [0.2, 0.25) is 0 Å². The van der Waals surface area contributed by atoms with Crippen LogP contribution in [0.1, 0.15) is 35.1 Å². The third kappa shape index (κ3) is 5.49. The van der Waals surface area contributed by atoms with Crippen LogP contribution in [0.25, 0.3) is 11.1 Å². The molecule has 1 N–H and O–H groups in total. The summed E-state index contributed by atoms with van der Waals surface area (Å²) < 4.78 is 41.0. The van der Waals surface area contributed by atoms with Gasteiger partial charge in [0.05, 0.1) is 6.54 Å². The minimum atomic E-state index is -2.64. The number of aliphatic imine (C=N–C) groups is 1. The molecule has 36 heavy (non-hydrogen) atoms. The van der Waals surface area contributed by atoms with E-state index >= 15 is 0 Å². The van der Waals surface area contributed by atoms with Crippen molar-refractivity contribution < 1.29 is 18.0 Å². The van der Waals surface area contributed by atoms with Crippen molar-refractivity contribution in [1.82, 2.24) is 9.88 Å². The topological polar surface area (TPSA) is 57.6 Å². The van der Waals surface area contributed by atoms with Gasteiger partial charge in [0.15, 0.2) is 0 Å².